The number of H-pyrrole nitrogens is 1. The summed E-state index contributed by atoms with van der Waals surface area (Å²) in [5.74, 6) is 0.780. The summed E-state index contributed by atoms with van der Waals surface area (Å²) in [5.41, 5.74) is 4.56. The van der Waals surface area contributed by atoms with Crippen LogP contribution < -0.4 is 10.6 Å². The SMILES string of the molecule is O=C(Nc1ccc(CCc2[nH]nc3ccnc(NC4CCCCC4)c23)cc1)c1cccnc1. The number of rotatable bonds is 7. The normalized spacial score (nSPS) is 14.3. The molecule has 0 unspecified atom stereocenters. The van der Waals surface area contributed by atoms with Gasteiger partial charge in [0, 0.05) is 36.0 Å². The van der Waals surface area contributed by atoms with E-state index in [1.54, 1.807) is 24.5 Å². The van der Waals surface area contributed by atoms with E-state index in [9.17, 15) is 4.79 Å². The van der Waals surface area contributed by atoms with Crippen molar-refractivity contribution in [2.45, 2.75) is 51.0 Å². The zero-order valence-corrected chi connectivity index (χ0v) is 18.6. The van der Waals surface area contributed by atoms with Crippen LogP contribution in [-0.2, 0) is 12.8 Å². The zero-order valence-electron chi connectivity index (χ0n) is 18.6. The molecule has 1 amide bonds. The van der Waals surface area contributed by atoms with Crippen LogP contribution in [0.3, 0.4) is 0 Å². The minimum Gasteiger partial charge on any atom is -0.367 e. The Morgan fingerprint density at radius 3 is 2.64 bits per heavy atom. The predicted octanol–water partition coefficient (Wildman–Crippen LogP) is 5.14. The summed E-state index contributed by atoms with van der Waals surface area (Å²) < 4.78 is 0. The number of nitrogens with zero attached hydrogens (tertiary/aromatic N) is 3. The summed E-state index contributed by atoms with van der Waals surface area (Å²) >= 11 is 0. The third-order valence-corrected chi connectivity index (χ3v) is 6.29. The molecule has 1 fully saturated rings. The highest BCUT2D eigenvalue weighted by atomic mass is 16.1. The van der Waals surface area contributed by atoms with Crippen LogP contribution in [0.1, 0.15) is 53.7 Å². The number of benzene rings is 1. The van der Waals surface area contributed by atoms with Crippen LogP contribution in [0.5, 0.6) is 0 Å². The van der Waals surface area contributed by atoms with Crippen molar-refractivity contribution < 1.29 is 4.79 Å². The van der Waals surface area contributed by atoms with Gasteiger partial charge in [0.15, 0.2) is 0 Å². The lowest BCUT2D eigenvalue weighted by Gasteiger charge is -2.23. The van der Waals surface area contributed by atoms with Crippen LogP contribution in [0.15, 0.2) is 61.1 Å². The van der Waals surface area contributed by atoms with Gasteiger partial charge in [-0.25, -0.2) is 4.98 Å². The Kier molecular flexibility index (Phi) is 6.28. The van der Waals surface area contributed by atoms with Crippen LogP contribution in [0, 0.1) is 0 Å². The Morgan fingerprint density at radius 2 is 1.85 bits per heavy atom. The zero-order chi connectivity index (χ0) is 22.5. The minimum absolute atomic E-state index is 0.162. The molecule has 0 bridgehead atoms. The number of fused-ring (bicyclic) bond motifs is 1. The molecule has 3 aromatic heterocycles. The van der Waals surface area contributed by atoms with Crippen molar-refractivity contribution in [3.8, 4) is 0 Å². The fraction of sp³-hybridized carbons (Fsp3) is 0.308. The quantitative estimate of drug-likeness (QED) is 0.370. The monoisotopic (exact) mass is 440 g/mol. The van der Waals surface area contributed by atoms with E-state index in [1.165, 1.54) is 37.7 Å². The maximum absolute atomic E-state index is 12.3. The lowest BCUT2D eigenvalue weighted by molar-refractivity contribution is 0.102. The van der Waals surface area contributed by atoms with Gasteiger partial charge in [-0.15, -0.1) is 0 Å². The number of aryl methyl sites for hydroxylation is 2. The number of anilines is 2. The summed E-state index contributed by atoms with van der Waals surface area (Å²) in [6.07, 6.45) is 13.0. The molecular formula is C26H28N6O. The number of aromatic amines is 1. The molecule has 3 heterocycles. The Bertz CT molecular complexity index is 1210. The second-order valence-electron chi connectivity index (χ2n) is 8.63. The molecule has 0 atom stereocenters. The largest absolute Gasteiger partial charge is 0.367 e. The summed E-state index contributed by atoms with van der Waals surface area (Å²) in [5, 5.41) is 15.4. The minimum atomic E-state index is -0.162. The van der Waals surface area contributed by atoms with Crippen molar-refractivity contribution in [2.75, 3.05) is 10.6 Å². The number of nitrogens with one attached hydrogen (secondary N) is 3. The van der Waals surface area contributed by atoms with E-state index in [0.29, 0.717) is 11.6 Å². The highest BCUT2D eigenvalue weighted by Gasteiger charge is 2.17. The molecule has 5 rings (SSSR count). The average molecular weight is 441 g/mol. The van der Waals surface area contributed by atoms with Gasteiger partial charge in [0.2, 0.25) is 0 Å². The second-order valence-corrected chi connectivity index (χ2v) is 8.63. The summed E-state index contributed by atoms with van der Waals surface area (Å²) in [7, 11) is 0. The maximum Gasteiger partial charge on any atom is 0.257 e. The molecule has 3 N–H and O–H groups in total. The van der Waals surface area contributed by atoms with Crippen molar-refractivity contribution >= 4 is 28.3 Å². The van der Waals surface area contributed by atoms with E-state index < -0.39 is 0 Å². The number of carbonyl (C=O) groups is 1. The van der Waals surface area contributed by atoms with E-state index in [2.05, 4.69) is 42.9 Å². The molecule has 1 aliphatic rings. The first-order chi connectivity index (χ1) is 16.3. The van der Waals surface area contributed by atoms with Gasteiger partial charge in [0.25, 0.3) is 5.91 Å². The number of hydrogen-bond acceptors (Lipinski definition) is 5. The molecule has 33 heavy (non-hydrogen) atoms. The molecule has 168 valence electrons. The molecule has 1 saturated carbocycles. The van der Waals surface area contributed by atoms with Crippen LogP contribution in [0.2, 0.25) is 0 Å². The molecule has 0 radical (unpaired) electrons. The first kappa shape index (κ1) is 21.1. The third kappa shape index (κ3) is 5.03. The van der Waals surface area contributed by atoms with Gasteiger partial charge >= 0.3 is 0 Å². The Morgan fingerprint density at radius 1 is 1.00 bits per heavy atom. The molecule has 1 aromatic carbocycles. The van der Waals surface area contributed by atoms with Crippen molar-refractivity contribution in [1.82, 2.24) is 20.2 Å². The number of carbonyl (C=O) groups excluding carboxylic acids is 1. The molecule has 0 aliphatic heterocycles. The van der Waals surface area contributed by atoms with Gasteiger partial charge in [-0.1, -0.05) is 31.4 Å². The van der Waals surface area contributed by atoms with Gasteiger partial charge in [-0.05, 0) is 61.6 Å². The number of amides is 1. The van der Waals surface area contributed by atoms with Crippen LogP contribution in [0.25, 0.3) is 10.9 Å². The highest BCUT2D eigenvalue weighted by molar-refractivity contribution is 6.04. The van der Waals surface area contributed by atoms with Crippen molar-refractivity contribution in [1.29, 1.82) is 0 Å². The maximum atomic E-state index is 12.3. The lowest BCUT2D eigenvalue weighted by atomic mass is 9.95. The third-order valence-electron chi connectivity index (χ3n) is 6.29. The van der Waals surface area contributed by atoms with Crippen LogP contribution in [0.4, 0.5) is 11.5 Å². The molecule has 4 aromatic rings. The smallest absolute Gasteiger partial charge is 0.257 e. The lowest BCUT2D eigenvalue weighted by Crippen LogP contribution is -2.23. The first-order valence-electron chi connectivity index (χ1n) is 11.6. The Balaban J connectivity index is 1.24. The van der Waals surface area contributed by atoms with E-state index in [0.717, 1.165) is 40.9 Å². The summed E-state index contributed by atoms with van der Waals surface area (Å²) in [6.45, 7) is 0. The molecule has 0 spiro atoms. The van der Waals surface area contributed by atoms with Crippen LogP contribution in [-0.4, -0.2) is 32.1 Å². The average Bonchev–Trinajstić information content (AvgIpc) is 3.29. The fourth-order valence-electron chi connectivity index (χ4n) is 4.48. The van der Waals surface area contributed by atoms with E-state index in [4.69, 9.17) is 0 Å². The molecular weight excluding hydrogens is 412 g/mol. The highest BCUT2D eigenvalue weighted by Crippen LogP contribution is 2.28. The molecule has 1 aliphatic carbocycles. The number of aromatic nitrogens is 4. The van der Waals surface area contributed by atoms with E-state index in [1.807, 2.05) is 24.4 Å². The van der Waals surface area contributed by atoms with Crippen molar-refractivity contribution in [3.63, 3.8) is 0 Å². The van der Waals surface area contributed by atoms with Gasteiger partial charge in [0.1, 0.15) is 5.82 Å². The Labute approximate surface area is 193 Å². The van der Waals surface area contributed by atoms with Gasteiger partial charge in [-0.2, -0.15) is 5.10 Å². The molecule has 7 nitrogen and oxygen atoms in total. The van der Waals surface area contributed by atoms with Gasteiger partial charge in [0.05, 0.1) is 16.5 Å². The number of hydrogen-bond donors (Lipinski definition) is 3. The first-order valence-corrected chi connectivity index (χ1v) is 11.6. The fourth-order valence-corrected chi connectivity index (χ4v) is 4.48. The predicted molar refractivity (Wildman–Crippen MR) is 130 cm³/mol. The summed E-state index contributed by atoms with van der Waals surface area (Å²) in [6, 6.07) is 13.9. The summed E-state index contributed by atoms with van der Waals surface area (Å²) in [4.78, 5) is 20.9. The second kappa shape index (κ2) is 9.81. The molecule has 7 heteroatoms. The topological polar surface area (TPSA) is 95.6 Å². The number of pyridine rings is 2. The van der Waals surface area contributed by atoms with Crippen molar-refractivity contribution in [3.05, 3.63) is 77.9 Å². The van der Waals surface area contributed by atoms with E-state index in [-0.39, 0.29) is 5.91 Å². The van der Waals surface area contributed by atoms with E-state index >= 15 is 0 Å². The van der Waals surface area contributed by atoms with Crippen molar-refractivity contribution in [2.24, 2.45) is 0 Å². The van der Waals surface area contributed by atoms with Gasteiger partial charge in [-0.3, -0.25) is 14.9 Å². The standard InChI is InChI=1S/C26H28N6O/c33-26(19-5-4-15-27-17-19)30-21-11-8-18(9-12-21)10-13-22-24-23(32-31-22)14-16-28-25(24)29-20-6-2-1-3-7-20/h4-5,8-9,11-12,14-17,20H,1-3,6-7,10,13H2,(H,28,29)(H,30,33)(H,31,32). The Hall–Kier alpha value is -3.74. The molecule has 0 saturated heterocycles. The van der Waals surface area contributed by atoms with Gasteiger partial charge < -0.3 is 10.6 Å². The van der Waals surface area contributed by atoms with Crippen LogP contribution >= 0.6 is 0 Å².